The van der Waals surface area contributed by atoms with Crippen LogP contribution in [0, 0.1) is 0 Å². The summed E-state index contributed by atoms with van der Waals surface area (Å²) in [5, 5.41) is 0. The van der Waals surface area contributed by atoms with Gasteiger partial charge in [-0.2, -0.15) is 0 Å². The monoisotopic (exact) mass is 307 g/mol. The molecule has 0 fully saturated rings. The second-order valence-electron chi connectivity index (χ2n) is 4.16. The first kappa shape index (κ1) is 18.8. The summed E-state index contributed by atoms with van der Waals surface area (Å²) in [5.74, 6) is -1.70. The molecule has 0 rings (SSSR count). The molecule has 1 radical (unpaired) electrons. The molecule has 0 aliphatic heterocycles. The molecule has 0 aromatic rings. The molecule has 0 aliphatic rings. The Hall–Kier alpha value is 0.433. The van der Waals surface area contributed by atoms with E-state index in [0.29, 0.717) is 0 Å². The van der Waals surface area contributed by atoms with Gasteiger partial charge in [-0.3, -0.25) is 4.79 Å². The molecule has 93 valence electrons. The Morgan fingerprint density at radius 1 is 0.812 bits per heavy atom. The van der Waals surface area contributed by atoms with Gasteiger partial charge in [-0.1, -0.05) is 0 Å². The molecule has 16 heavy (non-hydrogen) atoms. The van der Waals surface area contributed by atoms with Crippen molar-refractivity contribution in [3.63, 3.8) is 0 Å². The molecule has 5 heteroatoms. The minimum Gasteiger partial charge on any atom is -0.318 e. The molecule has 0 saturated carbocycles. The number of hydrogen-bond donors (Lipinski definition) is 0. The molecular weight excluding hydrogens is 287 g/mol. The maximum atomic E-state index is 10.9. The van der Waals surface area contributed by atoms with Crippen LogP contribution in [0.5, 0.6) is 0 Å². The van der Waals surface area contributed by atoms with Gasteiger partial charge in [-0.25, -0.2) is 0 Å². The van der Waals surface area contributed by atoms with Gasteiger partial charge >= 0.3 is 5.97 Å². The van der Waals surface area contributed by atoms with Gasteiger partial charge in [-0.05, 0) is 41.5 Å². The first-order valence-corrected chi connectivity index (χ1v) is 5.24. The molecule has 0 atom stereocenters. The molecule has 0 bridgehead atoms. The number of rotatable bonds is 7. The Kier molecular flexibility index (Phi) is 10.00. The SMILES string of the molecule is CC(C)OC([C]=O)(OC(C)C)OC(C)C.[Zr]. The van der Waals surface area contributed by atoms with Crippen LogP contribution in [0.4, 0.5) is 0 Å². The second-order valence-corrected chi connectivity index (χ2v) is 4.16. The zero-order valence-corrected chi connectivity index (χ0v) is 13.3. The van der Waals surface area contributed by atoms with Crippen LogP contribution in [0.2, 0.25) is 0 Å². The average molecular weight is 309 g/mol. The maximum absolute atomic E-state index is 10.9. The van der Waals surface area contributed by atoms with E-state index in [2.05, 4.69) is 0 Å². The molecule has 0 saturated heterocycles. The molecule has 0 aromatic carbocycles. The van der Waals surface area contributed by atoms with Gasteiger partial charge in [0.1, 0.15) is 0 Å². The van der Waals surface area contributed by atoms with Crippen LogP contribution in [-0.4, -0.2) is 30.6 Å². The maximum Gasteiger partial charge on any atom is 0.355 e. The summed E-state index contributed by atoms with van der Waals surface area (Å²) in [6, 6.07) is 0. The Balaban J connectivity index is 0. The average Bonchev–Trinajstić information content (AvgIpc) is 1.99. The molecular formula is C11H21O4Zr. The van der Waals surface area contributed by atoms with E-state index in [9.17, 15) is 4.79 Å². The molecule has 4 nitrogen and oxygen atoms in total. The van der Waals surface area contributed by atoms with E-state index in [-0.39, 0.29) is 44.5 Å². The molecule has 0 aromatic heterocycles. The zero-order chi connectivity index (χ0) is 12.1. The van der Waals surface area contributed by atoms with Crippen LogP contribution < -0.4 is 0 Å². The minimum absolute atomic E-state index is 0. The predicted molar refractivity (Wildman–Crippen MR) is 57.1 cm³/mol. The third-order valence-corrected chi connectivity index (χ3v) is 1.30. The normalized spacial score (nSPS) is 12.1. The summed E-state index contributed by atoms with van der Waals surface area (Å²) in [4.78, 5) is 10.9. The fraction of sp³-hybridized carbons (Fsp3) is 0.909. The van der Waals surface area contributed by atoms with E-state index in [4.69, 9.17) is 14.2 Å². The van der Waals surface area contributed by atoms with Crippen LogP contribution in [0.25, 0.3) is 0 Å². The number of ether oxygens (including phenoxy) is 3. The molecule has 0 heterocycles. The van der Waals surface area contributed by atoms with E-state index >= 15 is 0 Å². The number of carbonyl (C=O) groups excluding carboxylic acids is 1. The third-order valence-electron chi connectivity index (χ3n) is 1.30. The fourth-order valence-electron chi connectivity index (χ4n) is 1.09. The fourth-order valence-corrected chi connectivity index (χ4v) is 1.09. The van der Waals surface area contributed by atoms with Gasteiger partial charge in [0.25, 0.3) is 6.29 Å². The summed E-state index contributed by atoms with van der Waals surface area (Å²) in [6.07, 6.45) is 1.16. The van der Waals surface area contributed by atoms with Crippen molar-refractivity contribution in [1.29, 1.82) is 0 Å². The van der Waals surface area contributed by atoms with E-state index in [1.54, 1.807) is 47.8 Å². The molecule has 0 unspecified atom stereocenters. The summed E-state index contributed by atoms with van der Waals surface area (Å²) in [5.41, 5.74) is 0. The summed E-state index contributed by atoms with van der Waals surface area (Å²) >= 11 is 0. The van der Waals surface area contributed by atoms with Crippen molar-refractivity contribution in [3.8, 4) is 0 Å². The third kappa shape index (κ3) is 7.67. The predicted octanol–water partition coefficient (Wildman–Crippen LogP) is 2.02. The second kappa shape index (κ2) is 8.51. The Bertz CT molecular complexity index is 166. The Labute approximate surface area is 117 Å². The largest absolute Gasteiger partial charge is 0.355 e. The van der Waals surface area contributed by atoms with Gasteiger partial charge in [0, 0.05) is 26.2 Å². The van der Waals surface area contributed by atoms with Crippen LogP contribution in [-0.2, 0) is 45.2 Å². The van der Waals surface area contributed by atoms with Gasteiger partial charge in [-0.15, -0.1) is 0 Å². The quantitative estimate of drug-likeness (QED) is 0.675. The van der Waals surface area contributed by atoms with Crippen LogP contribution >= 0.6 is 0 Å². The van der Waals surface area contributed by atoms with Crippen molar-refractivity contribution < 1.29 is 45.2 Å². The topological polar surface area (TPSA) is 44.8 Å². The van der Waals surface area contributed by atoms with Crippen molar-refractivity contribution in [1.82, 2.24) is 0 Å². The summed E-state index contributed by atoms with van der Waals surface area (Å²) < 4.78 is 16.0. The Morgan fingerprint density at radius 2 is 1.06 bits per heavy atom. The van der Waals surface area contributed by atoms with E-state index in [1.165, 1.54) is 0 Å². The van der Waals surface area contributed by atoms with E-state index < -0.39 is 5.97 Å². The zero-order valence-electron chi connectivity index (χ0n) is 10.9. The molecule has 0 N–H and O–H groups in total. The first-order chi connectivity index (χ1) is 6.81. The summed E-state index contributed by atoms with van der Waals surface area (Å²) in [7, 11) is 0. The van der Waals surface area contributed by atoms with Crippen LogP contribution in [0.15, 0.2) is 0 Å². The van der Waals surface area contributed by atoms with E-state index in [0.717, 1.165) is 0 Å². The molecule has 0 spiro atoms. The smallest absolute Gasteiger partial charge is 0.318 e. The van der Waals surface area contributed by atoms with Crippen LogP contribution in [0.1, 0.15) is 41.5 Å². The van der Waals surface area contributed by atoms with Gasteiger partial charge in [0.2, 0.25) is 0 Å². The van der Waals surface area contributed by atoms with Gasteiger partial charge in [0.15, 0.2) is 0 Å². The van der Waals surface area contributed by atoms with Crippen molar-refractivity contribution in [2.75, 3.05) is 0 Å². The summed E-state index contributed by atoms with van der Waals surface area (Å²) in [6.45, 7) is 10.8. The van der Waals surface area contributed by atoms with Gasteiger partial charge in [0.05, 0.1) is 18.3 Å². The first-order valence-electron chi connectivity index (χ1n) is 5.24. The van der Waals surface area contributed by atoms with Crippen LogP contribution in [0.3, 0.4) is 0 Å². The van der Waals surface area contributed by atoms with Crippen molar-refractivity contribution in [2.24, 2.45) is 0 Å². The molecule has 0 aliphatic carbocycles. The van der Waals surface area contributed by atoms with Gasteiger partial charge < -0.3 is 14.2 Å². The van der Waals surface area contributed by atoms with Crippen molar-refractivity contribution >= 4 is 6.29 Å². The van der Waals surface area contributed by atoms with Crippen molar-refractivity contribution in [3.05, 3.63) is 0 Å². The molecule has 0 amide bonds. The van der Waals surface area contributed by atoms with E-state index in [1.807, 2.05) is 0 Å². The Morgan fingerprint density at radius 3 is 1.19 bits per heavy atom. The number of hydrogen-bond acceptors (Lipinski definition) is 4. The standard InChI is InChI=1S/C11H21O4.Zr/c1-8(2)13-11(7-12,14-9(3)4)15-10(5)6;/h8-10H,1-6H3;. The van der Waals surface area contributed by atoms with Crippen molar-refractivity contribution in [2.45, 2.75) is 65.8 Å². The minimum atomic E-state index is -1.70.